The predicted octanol–water partition coefficient (Wildman–Crippen LogP) is 3.46. The molecule has 0 saturated carbocycles. The Kier molecular flexibility index (Phi) is 4.00. The van der Waals surface area contributed by atoms with Gasteiger partial charge in [-0.2, -0.15) is 4.98 Å². The molecule has 0 bridgehead atoms. The van der Waals surface area contributed by atoms with Gasteiger partial charge in [0.2, 0.25) is 5.95 Å². The number of aromatic nitrogens is 2. The topological polar surface area (TPSA) is 63.8 Å². The minimum atomic E-state index is 0.301. The number of anilines is 2. The Morgan fingerprint density at radius 3 is 2.84 bits per heavy atom. The highest BCUT2D eigenvalue weighted by atomic mass is 15.1. The first-order chi connectivity index (χ1) is 9.11. The van der Waals surface area contributed by atoms with Gasteiger partial charge in [-0.1, -0.05) is 31.6 Å². The highest BCUT2D eigenvalue weighted by Gasteiger charge is 2.07. The molecule has 2 rings (SSSR count). The van der Waals surface area contributed by atoms with Gasteiger partial charge < -0.3 is 11.1 Å². The van der Waals surface area contributed by atoms with Gasteiger partial charge in [0.05, 0.1) is 5.52 Å². The second kappa shape index (κ2) is 5.69. The fraction of sp³-hybridized carbons (Fsp3) is 0.333. The fourth-order valence-corrected chi connectivity index (χ4v) is 1.93. The summed E-state index contributed by atoms with van der Waals surface area (Å²) in [6, 6.07) is 6.03. The number of nitrogen functional groups attached to an aromatic ring is 1. The molecule has 19 heavy (non-hydrogen) atoms. The first-order valence-corrected chi connectivity index (χ1v) is 6.59. The average Bonchev–Trinajstić information content (AvgIpc) is 2.38. The fourth-order valence-electron chi connectivity index (χ4n) is 1.93. The van der Waals surface area contributed by atoms with E-state index in [1.165, 1.54) is 0 Å². The monoisotopic (exact) mass is 256 g/mol. The molecule has 0 amide bonds. The normalized spacial score (nSPS) is 10.6. The van der Waals surface area contributed by atoms with Crippen LogP contribution < -0.4 is 11.1 Å². The maximum absolute atomic E-state index is 5.75. The van der Waals surface area contributed by atoms with Gasteiger partial charge in [-0.15, -0.1) is 0 Å². The van der Waals surface area contributed by atoms with Gasteiger partial charge in [-0.25, -0.2) is 4.98 Å². The maximum atomic E-state index is 5.75. The Morgan fingerprint density at radius 1 is 1.37 bits per heavy atom. The molecule has 100 valence electrons. The van der Waals surface area contributed by atoms with Crippen molar-refractivity contribution in [3.05, 3.63) is 30.3 Å². The summed E-state index contributed by atoms with van der Waals surface area (Å²) in [6.07, 6.45) is 2.24. The summed E-state index contributed by atoms with van der Waals surface area (Å²) in [5.74, 6) is 1.11. The van der Waals surface area contributed by atoms with Crippen molar-refractivity contribution in [1.29, 1.82) is 0 Å². The minimum Gasteiger partial charge on any atom is -0.369 e. The molecule has 1 heterocycles. The molecule has 1 aromatic heterocycles. The Hall–Kier alpha value is -2.10. The Labute approximate surface area is 113 Å². The van der Waals surface area contributed by atoms with Crippen molar-refractivity contribution in [2.24, 2.45) is 0 Å². The first kappa shape index (κ1) is 13.3. The van der Waals surface area contributed by atoms with Gasteiger partial charge >= 0.3 is 0 Å². The van der Waals surface area contributed by atoms with Crippen molar-refractivity contribution in [1.82, 2.24) is 9.97 Å². The number of hydrogen-bond donors (Lipinski definition) is 2. The molecular weight excluding hydrogens is 236 g/mol. The molecule has 0 fully saturated rings. The zero-order valence-corrected chi connectivity index (χ0v) is 11.5. The van der Waals surface area contributed by atoms with Crippen LogP contribution in [0.15, 0.2) is 24.8 Å². The third-order valence-corrected chi connectivity index (χ3v) is 3.03. The first-order valence-electron chi connectivity index (χ1n) is 6.59. The molecule has 4 heteroatoms. The molecule has 2 aromatic rings. The SMILES string of the molecule is C=C(C)c1ccc2nc(N)nc(NCCCC)c2c1. The molecule has 0 aliphatic heterocycles. The second-order valence-electron chi connectivity index (χ2n) is 4.72. The van der Waals surface area contributed by atoms with E-state index >= 15 is 0 Å². The predicted molar refractivity (Wildman–Crippen MR) is 82.1 cm³/mol. The summed E-state index contributed by atoms with van der Waals surface area (Å²) in [4.78, 5) is 8.56. The molecule has 0 saturated heterocycles. The van der Waals surface area contributed by atoms with Crippen LogP contribution in [0.2, 0.25) is 0 Å². The summed E-state index contributed by atoms with van der Waals surface area (Å²) in [5.41, 5.74) is 8.73. The zero-order chi connectivity index (χ0) is 13.8. The van der Waals surface area contributed by atoms with E-state index in [0.29, 0.717) is 5.95 Å². The number of rotatable bonds is 5. The molecular formula is C15H20N4. The standard InChI is InChI=1S/C15H20N4/c1-4-5-8-17-14-12-9-11(10(2)3)6-7-13(12)18-15(16)19-14/h6-7,9H,2,4-5,8H2,1,3H3,(H3,16,17,18,19). The summed E-state index contributed by atoms with van der Waals surface area (Å²) < 4.78 is 0. The van der Waals surface area contributed by atoms with Gasteiger partial charge in [-0.3, -0.25) is 0 Å². The molecule has 4 nitrogen and oxygen atoms in total. The number of fused-ring (bicyclic) bond motifs is 1. The van der Waals surface area contributed by atoms with E-state index in [1.54, 1.807) is 0 Å². The van der Waals surface area contributed by atoms with Crippen LogP contribution in [0.4, 0.5) is 11.8 Å². The quantitative estimate of drug-likeness (QED) is 0.804. The van der Waals surface area contributed by atoms with Crippen molar-refractivity contribution in [3.63, 3.8) is 0 Å². The Bertz CT molecular complexity index is 604. The van der Waals surface area contributed by atoms with Crippen molar-refractivity contribution in [2.45, 2.75) is 26.7 Å². The summed E-state index contributed by atoms with van der Waals surface area (Å²) in [6.45, 7) is 9.01. The lowest BCUT2D eigenvalue weighted by molar-refractivity contribution is 0.832. The van der Waals surface area contributed by atoms with E-state index in [9.17, 15) is 0 Å². The number of nitrogens with two attached hydrogens (primary N) is 1. The summed E-state index contributed by atoms with van der Waals surface area (Å²) in [5, 5.41) is 4.33. The van der Waals surface area contributed by atoms with Crippen molar-refractivity contribution in [3.8, 4) is 0 Å². The largest absolute Gasteiger partial charge is 0.369 e. The lowest BCUT2D eigenvalue weighted by atomic mass is 10.1. The van der Waals surface area contributed by atoms with E-state index < -0.39 is 0 Å². The van der Waals surface area contributed by atoms with Crippen LogP contribution in [0.1, 0.15) is 32.3 Å². The molecule has 0 aliphatic carbocycles. The molecule has 3 N–H and O–H groups in total. The second-order valence-corrected chi connectivity index (χ2v) is 4.72. The summed E-state index contributed by atoms with van der Waals surface area (Å²) >= 11 is 0. The minimum absolute atomic E-state index is 0.301. The lowest BCUT2D eigenvalue weighted by Gasteiger charge is -2.10. The van der Waals surface area contributed by atoms with E-state index in [1.807, 2.05) is 19.1 Å². The Balaban J connectivity index is 2.46. The van der Waals surface area contributed by atoms with Crippen LogP contribution in [0.5, 0.6) is 0 Å². The number of nitrogens with one attached hydrogen (secondary N) is 1. The van der Waals surface area contributed by atoms with Crippen molar-refractivity contribution in [2.75, 3.05) is 17.6 Å². The van der Waals surface area contributed by atoms with E-state index in [2.05, 4.69) is 34.9 Å². The van der Waals surface area contributed by atoms with Crippen LogP contribution in [0.3, 0.4) is 0 Å². The third-order valence-electron chi connectivity index (χ3n) is 3.03. The van der Waals surface area contributed by atoms with Crippen LogP contribution in [-0.2, 0) is 0 Å². The van der Waals surface area contributed by atoms with Crippen LogP contribution in [0, 0.1) is 0 Å². The van der Waals surface area contributed by atoms with Crippen LogP contribution in [0.25, 0.3) is 16.5 Å². The molecule has 0 aliphatic rings. The van der Waals surface area contributed by atoms with Crippen LogP contribution >= 0.6 is 0 Å². The van der Waals surface area contributed by atoms with E-state index in [-0.39, 0.29) is 0 Å². The third kappa shape index (κ3) is 3.02. The van der Waals surface area contributed by atoms with Crippen LogP contribution in [-0.4, -0.2) is 16.5 Å². The molecule has 0 radical (unpaired) electrons. The van der Waals surface area contributed by atoms with Gasteiger partial charge in [0.1, 0.15) is 5.82 Å². The molecule has 0 atom stereocenters. The average molecular weight is 256 g/mol. The lowest BCUT2D eigenvalue weighted by Crippen LogP contribution is -2.06. The zero-order valence-electron chi connectivity index (χ0n) is 11.5. The summed E-state index contributed by atoms with van der Waals surface area (Å²) in [7, 11) is 0. The van der Waals surface area contributed by atoms with Crippen molar-refractivity contribution < 1.29 is 0 Å². The van der Waals surface area contributed by atoms with E-state index in [0.717, 1.165) is 47.2 Å². The highest BCUT2D eigenvalue weighted by Crippen LogP contribution is 2.25. The van der Waals surface area contributed by atoms with Gasteiger partial charge in [0.25, 0.3) is 0 Å². The van der Waals surface area contributed by atoms with Gasteiger partial charge in [-0.05, 0) is 31.0 Å². The van der Waals surface area contributed by atoms with Gasteiger partial charge in [0, 0.05) is 11.9 Å². The smallest absolute Gasteiger partial charge is 0.222 e. The van der Waals surface area contributed by atoms with Gasteiger partial charge in [0.15, 0.2) is 0 Å². The van der Waals surface area contributed by atoms with Crippen molar-refractivity contribution >= 4 is 28.2 Å². The molecule has 0 unspecified atom stereocenters. The van der Waals surface area contributed by atoms with E-state index in [4.69, 9.17) is 5.73 Å². The Morgan fingerprint density at radius 2 is 2.16 bits per heavy atom. The highest BCUT2D eigenvalue weighted by molar-refractivity contribution is 5.92. The molecule has 0 spiro atoms. The number of allylic oxidation sites excluding steroid dienone is 1. The number of unbranched alkanes of at least 4 members (excludes halogenated alkanes) is 1. The number of nitrogens with zero attached hydrogens (tertiary/aromatic N) is 2. The molecule has 1 aromatic carbocycles. The maximum Gasteiger partial charge on any atom is 0.222 e. The number of benzene rings is 1. The number of hydrogen-bond acceptors (Lipinski definition) is 4.